The lowest BCUT2D eigenvalue weighted by Crippen LogP contribution is -2.10. The Hall–Kier alpha value is -2.35. The first-order chi connectivity index (χ1) is 10.0. The van der Waals surface area contributed by atoms with E-state index >= 15 is 0 Å². The first-order valence-electron chi connectivity index (χ1n) is 7.08. The number of nitrogens with zero attached hydrogens (tertiary/aromatic N) is 2. The molecule has 0 fully saturated rings. The maximum absolute atomic E-state index is 3.97. The zero-order chi connectivity index (χ0) is 15.4. The molecule has 1 aromatic carbocycles. The van der Waals surface area contributed by atoms with Gasteiger partial charge >= 0.3 is 0 Å². The van der Waals surface area contributed by atoms with Gasteiger partial charge in [-0.25, -0.2) is 4.58 Å². The monoisotopic (exact) mass is 279 g/mol. The van der Waals surface area contributed by atoms with Gasteiger partial charge in [0.2, 0.25) is 0 Å². The quantitative estimate of drug-likeness (QED) is 0.767. The van der Waals surface area contributed by atoms with Crippen LogP contribution in [0.4, 0.5) is 5.69 Å². The van der Waals surface area contributed by atoms with Gasteiger partial charge in [-0.2, -0.15) is 0 Å². The van der Waals surface area contributed by atoms with Gasteiger partial charge in [0.15, 0.2) is 5.71 Å². The number of hydrogen-bond donors (Lipinski definition) is 0. The number of hydrogen-bond acceptors (Lipinski definition) is 1. The van der Waals surface area contributed by atoms with Crippen molar-refractivity contribution in [1.29, 1.82) is 0 Å². The standard InChI is InChI=1S/C19H23N2/c1-6-19(15-7-11-17(12-8-15)20(2)3)16-9-13-18(14-10-16)21(4)5/h6-14H,1H2,2-5H3/q+1. The van der Waals surface area contributed by atoms with Gasteiger partial charge in [0, 0.05) is 31.9 Å². The van der Waals surface area contributed by atoms with Crippen molar-refractivity contribution >= 4 is 17.0 Å². The maximum atomic E-state index is 3.97. The smallest absolute Gasteiger partial charge is 0.199 e. The van der Waals surface area contributed by atoms with Gasteiger partial charge in [-0.1, -0.05) is 24.8 Å². The molecule has 0 heterocycles. The number of allylic oxidation sites excluding steroid dienone is 7. The van der Waals surface area contributed by atoms with Crippen LogP contribution in [0.2, 0.25) is 0 Å². The molecule has 1 aliphatic rings. The van der Waals surface area contributed by atoms with Crippen molar-refractivity contribution in [3.8, 4) is 0 Å². The van der Waals surface area contributed by atoms with Crippen LogP contribution in [0.15, 0.2) is 66.8 Å². The predicted octanol–water partition coefficient (Wildman–Crippen LogP) is 3.53. The van der Waals surface area contributed by atoms with E-state index in [2.05, 4.69) is 64.6 Å². The van der Waals surface area contributed by atoms with Gasteiger partial charge in [-0.05, 0) is 41.0 Å². The molecule has 0 atom stereocenters. The minimum Gasteiger partial charge on any atom is -0.378 e. The van der Waals surface area contributed by atoms with Gasteiger partial charge in [-0.15, -0.1) is 0 Å². The normalized spacial score (nSPS) is 13.3. The van der Waals surface area contributed by atoms with Crippen molar-refractivity contribution in [3.63, 3.8) is 0 Å². The average molecular weight is 279 g/mol. The van der Waals surface area contributed by atoms with Crippen molar-refractivity contribution < 1.29 is 4.58 Å². The molecular weight excluding hydrogens is 256 g/mol. The lowest BCUT2D eigenvalue weighted by atomic mass is 9.96. The third kappa shape index (κ3) is 3.40. The van der Waals surface area contributed by atoms with Gasteiger partial charge in [0.25, 0.3) is 0 Å². The van der Waals surface area contributed by atoms with Crippen molar-refractivity contribution in [2.24, 2.45) is 0 Å². The van der Waals surface area contributed by atoms with E-state index in [0.717, 1.165) is 5.57 Å². The van der Waals surface area contributed by atoms with Crippen LogP contribution in [0.5, 0.6) is 0 Å². The number of rotatable bonds is 3. The summed E-state index contributed by atoms with van der Waals surface area (Å²) in [6.07, 6.45) is 10.5. The van der Waals surface area contributed by atoms with Crippen LogP contribution in [-0.4, -0.2) is 38.5 Å². The second-order valence-corrected chi connectivity index (χ2v) is 5.50. The van der Waals surface area contributed by atoms with Crippen LogP contribution in [0.3, 0.4) is 0 Å². The Kier molecular flexibility index (Phi) is 4.59. The van der Waals surface area contributed by atoms with E-state index in [1.54, 1.807) is 0 Å². The molecule has 0 aromatic heterocycles. The molecule has 0 bridgehead atoms. The fourth-order valence-electron chi connectivity index (χ4n) is 2.28. The minimum absolute atomic E-state index is 1.16. The molecular formula is C19H23N2+. The van der Waals surface area contributed by atoms with E-state index in [0.29, 0.717) is 0 Å². The van der Waals surface area contributed by atoms with Gasteiger partial charge in [-0.3, -0.25) is 0 Å². The highest BCUT2D eigenvalue weighted by Gasteiger charge is 2.08. The Labute approximate surface area is 127 Å². The summed E-state index contributed by atoms with van der Waals surface area (Å²) in [5.74, 6) is 0. The van der Waals surface area contributed by atoms with Crippen LogP contribution >= 0.6 is 0 Å². The summed E-state index contributed by atoms with van der Waals surface area (Å²) in [6, 6.07) is 8.55. The van der Waals surface area contributed by atoms with Crippen LogP contribution in [0.1, 0.15) is 5.56 Å². The van der Waals surface area contributed by atoms with E-state index in [1.165, 1.54) is 22.5 Å². The van der Waals surface area contributed by atoms with Crippen molar-refractivity contribution in [3.05, 3.63) is 72.4 Å². The summed E-state index contributed by atoms with van der Waals surface area (Å²) in [7, 11) is 8.19. The fourth-order valence-corrected chi connectivity index (χ4v) is 2.28. The maximum Gasteiger partial charge on any atom is 0.199 e. The van der Waals surface area contributed by atoms with Crippen LogP contribution in [-0.2, 0) is 0 Å². The van der Waals surface area contributed by atoms with Crippen molar-refractivity contribution in [2.45, 2.75) is 0 Å². The molecule has 2 nitrogen and oxygen atoms in total. The molecule has 0 amide bonds. The lowest BCUT2D eigenvalue weighted by Gasteiger charge is -2.14. The Morgan fingerprint density at radius 1 is 1.00 bits per heavy atom. The van der Waals surface area contributed by atoms with Crippen LogP contribution in [0, 0.1) is 0 Å². The molecule has 0 unspecified atom stereocenters. The van der Waals surface area contributed by atoms with Gasteiger partial charge in [0.1, 0.15) is 14.1 Å². The highest BCUT2D eigenvalue weighted by Crippen LogP contribution is 2.25. The number of benzene rings is 1. The van der Waals surface area contributed by atoms with E-state index < -0.39 is 0 Å². The summed E-state index contributed by atoms with van der Waals surface area (Å²) in [5, 5.41) is 0. The third-order valence-electron chi connectivity index (χ3n) is 3.59. The van der Waals surface area contributed by atoms with E-state index in [-0.39, 0.29) is 0 Å². The molecule has 0 spiro atoms. The van der Waals surface area contributed by atoms with Crippen LogP contribution < -0.4 is 4.90 Å². The summed E-state index contributed by atoms with van der Waals surface area (Å²) in [4.78, 5) is 2.10. The average Bonchev–Trinajstić information content (AvgIpc) is 2.49. The zero-order valence-electron chi connectivity index (χ0n) is 13.3. The third-order valence-corrected chi connectivity index (χ3v) is 3.59. The lowest BCUT2D eigenvalue weighted by molar-refractivity contribution is -0.462. The zero-order valence-corrected chi connectivity index (χ0v) is 13.3. The summed E-state index contributed by atoms with van der Waals surface area (Å²) in [5.41, 5.74) is 5.93. The second-order valence-electron chi connectivity index (χ2n) is 5.50. The molecule has 108 valence electrons. The summed E-state index contributed by atoms with van der Waals surface area (Å²) >= 11 is 0. The molecule has 0 saturated heterocycles. The van der Waals surface area contributed by atoms with Crippen molar-refractivity contribution in [1.82, 2.24) is 0 Å². The Balaban J connectivity index is 2.39. The molecule has 2 rings (SSSR count). The first-order valence-corrected chi connectivity index (χ1v) is 7.08. The Morgan fingerprint density at radius 2 is 1.57 bits per heavy atom. The highest BCUT2D eigenvalue weighted by atomic mass is 15.1. The van der Waals surface area contributed by atoms with Crippen LogP contribution in [0.25, 0.3) is 5.57 Å². The molecule has 21 heavy (non-hydrogen) atoms. The summed E-state index contributed by atoms with van der Waals surface area (Å²) < 4.78 is 2.10. The highest BCUT2D eigenvalue weighted by molar-refractivity contribution is 6.03. The molecule has 0 N–H and O–H groups in total. The molecule has 1 aliphatic carbocycles. The Morgan fingerprint density at radius 3 is 2.00 bits per heavy atom. The van der Waals surface area contributed by atoms with E-state index in [4.69, 9.17) is 0 Å². The van der Waals surface area contributed by atoms with Crippen molar-refractivity contribution in [2.75, 3.05) is 33.1 Å². The predicted molar refractivity (Wildman–Crippen MR) is 93.3 cm³/mol. The van der Waals surface area contributed by atoms with E-state index in [1.807, 2.05) is 34.3 Å². The summed E-state index contributed by atoms with van der Waals surface area (Å²) in [6.45, 7) is 3.97. The van der Waals surface area contributed by atoms with Gasteiger partial charge < -0.3 is 4.90 Å². The second kappa shape index (κ2) is 6.40. The molecule has 0 radical (unpaired) electrons. The minimum atomic E-state index is 1.16. The fraction of sp³-hybridized carbons (Fsp3) is 0.211. The molecule has 2 heteroatoms. The topological polar surface area (TPSA) is 6.25 Å². The first kappa shape index (κ1) is 15.0. The SMILES string of the molecule is C=CC(=C1C=CC(=[N+](C)C)C=C1)c1ccc(N(C)C)cc1. The number of anilines is 1. The van der Waals surface area contributed by atoms with E-state index in [9.17, 15) is 0 Å². The Bertz CT molecular complexity index is 631. The van der Waals surface area contributed by atoms with Gasteiger partial charge in [0.05, 0.1) is 0 Å². The largest absolute Gasteiger partial charge is 0.378 e. The molecule has 0 saturated carbocycles. The molecule has 1 aromatic rings. The molecule has 0 aliphatic heterocycles.